The summed E-state index contributed by atoms with van der Waals surface area (Å²) in [6.45, 7) is 8.46. The molecule has 1 saturated carbocycles. The van der Waals surface area contributed by atoms with Crippen molar-refractivity contribution < 1.29 is 14.3 Å². The molecule has 1 saturated heterocycles. The molecule has 130 valence electrons. The summed E-state index contributed by atoms with van der Waals surface area (Å²) >= 11 is 0. The average Bonchev–Trinajstić information content (AvgIpc) is 3.14. The van der Waals surface area contributed by atoms with Crippen molar-refractivity contribution in [1.29, 1.82) is 0 Å². The summed E-state index contributed by atoms with van der Waals surface area (Å²) in [5, 5.41) is 3.03. The van der Waals surface area contributed by atoms with Gasteiger partial charge in [0.25, 0.3) is 0 Å². The van der Waals surface area contributed by atoms with E-state index in [1.54, 1.807) is 4.90 Å². The van der Waals surface area contributed by atoms with E-state index in [-0.39, 0.29) is 17.4 Å². The van der Waals surface area contributed by atoms with Crippen molar-refractivity contribution in [3.8, 4) is 0 Å². The lowest BCUT2D eigenvalue weighted by Gasteiger charge is -2.27. The zero-order valence-electron chi connectivity index (χ0n) is 14.7. The van der Waals surface area contributed by atoms with Crippen LogP contribution in [0.15, 0.2) is 24.3 Å². The molecule has 1 aromatic carbocycles. The normalized spacial score (nSPS) is 25.1. The van der Waals surface area contributed by atoms with Crippen LogP contribution in [0.2, 0.25) is 0 Å². The van der Waals surface area contributed by atoms with E-state index in [4.69, 9.17) is 4.74 Å². The number of carbonyl (C=O) groups excluding carboxylic acids is 2. The Morgan fingerprint density at radius 2 is 1.96 bits per heavy atom. The fraction of sp³-hybridized carbons (Fsp3) is 0.579. The molecular formula is C19H26N2O3. The maximum absolute atomic E-state index is 12.9. The molecule has 2 aliphatic rings. The molecule has 3 rings (SSSR count). The van der Waals surface area contributed by atoms with Crippen molar-refractivity contribution in [1.82, 2.24) is 10.2 Å². The van der Waals surface area contributed by atoms with Crippen molar-refractivity contribution in [2.75, 3.05) is 26.2 Å². The second-order valence-corrected chi connectivity index (χ2v) is 7.54. The SMILES string of the molecule is Cc1ccc([C@@]2(C(=O)NCCN3CCCOC3=O)CC2(C)C)cc1. The fourth-order valence-electron chi connectivity index (χ4n) is 3.72. The fourth-order valence-corrected chi connectivity index (χ4v) is 3.72. The minimum atomic E-state index is -0.455. The third kappa shape index (κ3) is 2.87. The first-order valence-corrected chi connectivity index (χ1v) is 8.64. The minimum absolute atomic E-state index is 0.0452. The quantitative estimate of drug-likeness (QED) is 0.903. The molecule has 5 nitrogen and oxygen atoms in total. The van der Waals surface area contributed by atoms with Crippen molar-refractivity contribution in [3.05, 3.63) is 35.4 Å². The molecule has 1 N–H and O–H groups in total. The Bertz CT molecular complexity index is 639. The lowest BCUT2D eigenvalue weighted by Crippen LogP contribution is -2.45. The summed E-state index contributed by atoms with van der Waals surface area (Å²) in [5.41, 5.74) is 1.77. The van der Waals surface area contributed by atoms with Gasteiger partial charge in [-0.05, 0) is 30.7 Å². The van der Waals surface area contributed by atoms with Crippen LogP contribution in [0.1, 0.15) is 37.8 Å². The standard InChI is InChI=1S/C19H26N2O3/c1-14-5-7-15(8-6-14)19(13-18(19,2)3)16(22)20-9-11-21-10-4-12-24-17(21)23/h5-8H,4,9-13H2,1-3H3,(H,20,22)/t19-/m1/s1. The Labute approximate surface area is 143 Å². The predicted molar refractivity (Wildman–Crippen MR) is 91.8 cm³/mol. The van der Waals surface area contributed by atoms with Gasteiger partial charge in [-0.2, -0.15) is 0 Å². The predicted octanol–water partition coefficient (Wildman–Crippen LogP) is 2.62. The zero-order valence-corrected chi connectivity index (χ0v) is 14.7. The van der Waals surface area contributed by atoms with Gasteiger partial charge in [0.2, 0.25) is 5.91 Å². The summed E-state index contributed by atoms with van der Waals surface area (Å²) in [7, 11) is 0. The van der Waals surface area contributed by atoms with Crippen LogP contribution in [-0.4, -0.2) is 43.1 Å². The molecule has 0 bridgehead atoms. The largest absolute Gasteiger partial charge is 0.449 e. The molecule has 1 heterocycles. The van der Waals surface area contributed by atoms with Crippen LogP contribution in [0, 0.1) is 12.3 Å². The molecule has 0 unspecified atom stereocenters. The van der Waals surface area contributed by atoms with Crippen molar-refractivity contribution in [2.24, 2.45) is 5.41 Å². The number of cyclic esters (lactones) is 1. The lowest BCUT2D eigenvalue weighted by atomic mass is 9.86. The summed E-state index contributed by atoms with van der Waals surface area (Å²) in [6, 6.07) is 8.24. The number of amides is 2. The maximum atomic E-state index is 12.9. The molecule has 2 amide bonds. The van der Waals surface area contributed by atoms with Crippen LogP contribution >= 0.6 is 0 Å². The van der Waals surface area contributed by atoms with Gasteiger partial charge >= 0.3 is 6.09 Å². The van der Waals surface area contributed by atoms with Crippen LogP contribution in [-0.2, 0) is 14.9 Å². The average molecular weight is 330 g/mol. The van der Waals surface area contributed by atoms with Crippen LogP contribution in [0.4, 0.5) is 4.79 Å². The first-order valence-electron chi connectivity index (χ1n) is 8.64. The molecule has 0 spiro atoms. The van der Waals surface area contributed by atoms with Crippen LogP contribution in [0.5, 0.6) is 0 Å². The van der Waals surface area contributed by atoms with Crippen molar-refractivity contribution in [3.63, 3.8) is 0 Å². The highest BCUT2D eigenvalue weighted by Crippen LogP contribution is 2.64. The van der Waals surface area contributed by atoms with Crippen molar-refractivity contribution >= 4 is 12.0 Å². The Morgan fingerprint density at radius 3 is 2.54 bits per heavy atom. The minimum Gasteiger partial charge on any atom is -0.449 e. The van der Waals surface area contributed by atoms with Crippen LogP contribution in [0.25, 0.3) is 0 Å². The van der Waals surface area contributed by atoms with Gasteiger partial charge in [0.1, 0.15) is 0 Å². The van der Waals surface area contributed by atoms with E-state index < -0.39 is 5.41 Å². The van der Waals surface area contributed by atoms with Crippen LogP contribution < -0.4 is 5.32 Å². The van der Waals surface area contributed by atoms with Crippen LogP contribution in [0.3, 0.4) is 0 Å². The van der Waals surface area contributed by atoms with E-state index in [9.17, 15) is 9.59 Å². The third-order valence-electron chi connectivity index (χ3n) is 5.39. The zero-order chi connectivity index (χ0) is 17.4. The second kappa shape index (κ2) is 6.11. The Kier molecular flexibility index (Phi) is 4.28. The smallest absolute Gasteiger partial charge is 0.409 e. The van der Waals surface area contributed by atoms with E-state index in [0.29, 0.717) is 26.2 Å². The number of ether oxygens (including phenoxy) is 1. The van der Waals surface area contributed by atoms with E-state index in [1.807, 2.05) is 6.92 Å². The van der Waals surface area contributed by atoms with Gasteiger partial charge in [-0.3, -0.25) is 4.79 Å². The first kappa shape index (κ1) is 16.8. The molecular weight excluding hydrogens is 304 g/mol. The number of nitrogens with one attached hydrogen (secondary N) is 1. The van der Waals surface area contributed by atoms with E-state index in [1.165, 1.54) is 5.56 Å². The number of aryl methyl sites for hydroxylation is 1. The Balaban J connectivity index is 1.64. The van der Waals surface area contributed by atoms with Gasteiger partial charge in [-0.1, -0.05) is 43.7 Å². The van der Waals surface area contributed by atoms with Gasteiger partial charge < -0.3 is 15.0 Å². The highest BCUT2D eigenvalue weighted by atomic mass is 16.6. The summed E-state index contributed by atoms with van der Waals surface area (Å²) in [6.07, 6.45) is 1.41. The number of hydrogen-bond donors (Lipinski definition) is 1. The third-order valence-corrected chi connectivity index (χ3v) is 5.39. The monoisotopic (exact) mass is 330 g/mol. The number of benzene rings is 1. The topological polar surface area (TPSA) is 58.6 Å². The molecule has 1 atom stereocenters. The summed E-state index contributed by atoms with van der Waals surface area (Å²) in [5.74, 6) is 0.0572. The molecule has 1 aliphatic heterocycles. The Hall–Kier alpha value is -2.04. The molecule has 1 aliphatic carbocycles. The molecule has 5 heteroatoms. The maximum Gasteiger partial charge on any atom is 0.409 e. The van der Waals surface area contributed by atoms with Gasteiger partial charge in [0.05, 0.1) is 12.0 Å². The molecule has 0 radical (unpaired) electrons. The van der Waals surface area contributed by atoms with Gasteiger partial charge in [0.15, 0.2) is 0 Å². The number of nitrogens with zero attached hydrogens (tertiary/aromatic N) is 1. The second-order valence-electron chi connectivity index (χ2n) is 7.54. The van der Waals surface area contributed by atoms with Gasteiger partial charge in [-0.15, -0.1) is 0 Å². The molecule has 2 fully saturated rings. The number of carbonyl (C=O) groups is 2. The molecule has 24 heavy (non-hydrogen) atoms. The number of rotatable bonds is 5. The first-order chi connectivity index (χ1) is 11.4. The molecule has 0 aromatic heterocycles. The van der Waals surface area contributed by atoms with E-state index >= 15 is 0 Å². The Morgan fingerprint density at radius 1 is 1.29 bits per heavy atom. The highest BCUT2D eigenvalue weighted by molar-refractivity contribution is 5.93. The van der Waals surface area contributed by atoms with E-state index in [0.717, 1.165) is 18.4 Å². The van der Waals surface area contributed by atoms with Gasteiger partial charge in [0, 0.05) is 19.6 Å². The van der Waals surface area contributed by atoms with Crippen molar-refractivity contribution in [2.45, 2.75) is 39.0 Å². The van der Waals surface area contributed by atoms with E-state index in [2.05, 4.69) is 43.4 Å². The molecule has 1 aromatic rings. The van der Waals surface area contributed by atoms with Gasteiger partial charge in [-0.25, -0.2) is 4.79 Å². The summed E-state index contributed by atoms with van der Waals surface area (Å²) < 4.78 is 5.02. The lowest BCUT2D eigenvalue weighted by molar-refractivity contribution is -0.124. The number of hydrogen-bond acceptors (Lipinski definition) is 3. The highest BCUT2D eigenvalue weighted by Gasteiger charge is 2.66. The summed E-state index contributed by atoms with van der Waals surface area (Å²) in [4.78, 5) is 26.2.